The van der Waals surface area contributed by atoms with Crippen molar-refractivity contribution in [2.45, 2.75) is 33.1 Å². The first-order valence-electron chi connectivity index (χ1n) is 8.35. The Morgan fingerprint density at radius 2 is 1.71 bits per heavy atom. The molecule has 128 valence electrons. The van der Waals surface area contributed by atoms with Gasteiger partial charge in [-0.05, 0) is 19.1 Å². The molecule has 2 heterocycles. The number of hydrogen-bond acceptors (Lipinski definition) is 6. The highest BCUT2D eigenvalue weighted by atomic mass is 16.5. The number of nitrogens with zero attached hydrogens (tertiary/aromatic N) is 4. The minimum Gasteiger partial charge on any atom is -0.378 e. The topological polar surface area (TPSA) is 63.2 Å². The number of benzene rings is 1. The van der Waals surface area contributed by atoms with E-state index in [1.807, 2.05) is 0 Å². The van der Waals surface area contributed by atoms with Gasteiger partial charge in [0.15, 0.2) is 5.82 Å². The van der Waals surface area contributed by atoms with Crippen molar-refractivity contribution >= 4 is 17.5 Å². The van der Waals surface area contributed by atoms with Crippen molar-refractivity contribution in [3.63, 3.8) is 0 Å². The van der Waals surface area contributed by atoms with Gasteiger partial charge in [0.2, 0.25) is 5.95 Å². The second kappa shape index (κ2) is 6.73. The van der Waals surface area contributed by atoms with E-state index in [2.05, 4.69) is 72.4 Å². The first-order valence-corrected chi connectivity index (χ1v) is 8.35. The molecule has 1 aliphatic heterocycles. The van der Waals surface area contributed by atoms with Crippen molar-refractivity contribution in [3.05, 3.63) is 35.5 Å². The predicted octanol–water partition coefficient (Wildman–Crippen LogP) is 3.06. The Morgan fingerprint density at radius 3 is 2.33 bits per heavy atom. The van der Waals surface area contributed by atoms with Crippen LogP contribution in [0, 0.1) is 6.92 Å². The van der Waals surface area contributed by atoms with E-state index in [9.17, 15) is 0 Å². The highest BCUT2D eigenvalue weighted by Crippen LogP contribution is 2.29. The van der Waals surface area contributed by atoms with E-state index >= 15 is 0 Å². The van der Waals surface area contributed by atoms with Crippen molar-refractivity contribution in [1.82, 2.24) is 15.2 Å². The van der Waals surface area contributed by atoms with Gasteiger partial charge < -0.3 is 15.0 Å². The van der Waals surface area contributed by atoms with Crippen molar-refractivity contribution in [3.8, 4) is 0 Å². The Balaban J connectivity index is 1.94. The predicted molar refractivity (Wildman–Crippen MR) is 96.0 cm³/mol. The molecule has 0 saturated carbocycles. The summed E-state index contributed by atoms with van der Waals surface area (Å²) in [6.45, 7) is 11.4. The summed E-state index contributed by atoms with van der Waals surface area (Å²) in [5.41, 5.74) is 2.95. The van der Waals surface area contributed by atoms with Gasteiger partial charge in [-0.3, -0.25) is 0 Å². The number of aromatic nitrogens is 3. The molecule has 2 aromatic rings. The number of nitrogens with one attached hydrogen (secondary N) is 1. The summed E-state index contributed by atoms with van der Waals surface area (Å²) in [5.74, 6) is 1.42. The third-order valence-corrected chi connectivity index (χ3v) is 3.99. The lowest BCUT2D eigenvalue weighted by molar-refractivity contribution is 0.122. The summed E-state index contributed by atoms with van der Waals surface area (Å²) < 4.78 is 5.40. The lowest BCUT2D eigenvalue weighted by Gasteiger charge is -2.28. The monoisotopic (exact) mass is 327 g/mol. The largest absolute Gasteiger partial charge is 0.378 e. The molecule has 1 aliphatic rings. The highest BCUT2D eigenvalue weighted by molar-refractivity contribution is 5.60. The number of anilines is 3. The van der Waals surface area contributed by atoms with Gasteiger partial charge in [-0.2, -0.15) is 4.98 Å². The molecule has 1 aromatic heterocycles. The minimum atomic E-state index is -0.142. The van der Waals surface area contributed by atoms with Gasteiger partial charge in [-0.25, -0.2) is 0 Å². The Hall–Kier alpha value is -2.21. The van der Waals surface area contributed by atoms with Gasteiger partial charge >= 0.3 is 0 Å². The normalized spacial score (nSPS) is 15.4. The van der Waals surface area contributed by atoms with Crippen LogP contribution in [0.4, 0.5) is 17.5 Å². The van der Waals surface area contributed by atoms with Crippen LogP contribution in [0.2, 0.25) is 0 Å². The second-order valence-corrected chi connectivity index (χ2v) is 7.15. The van der Waals surface area contributed by atoms with Crippen LogP contribution in [0.15, 0.2) is 24.3 Å². The van der Waals surface area contributed by atoms with Crippen LogP contribution in [-0.4, -0.2) is 41.5 Å². The number of aryl methyl sites for hydroxylation is 1. The highest BCUT2D eigenvalue weighted by Gasteiger charge is 2.24. The van der Waals surface area contributed by atoms with Gasteiger partial charge in [-0.1, -0.05) is 38.5 Å². The fraction of sp³-hybridized carbons (Fsp3) is 0.500. The summed E-state index contributed by atoms with van der Waals surface area (Å²) >= 11 is 0. The molecular formula is C18H25N5O. The van der Waals surface area contributed by atoms with Gasteiger partial charge in [0.25, 0.3) is 0 Å². The number of rotatable bonds is 3. The van der Waals surface area contributed by atoms with Crippen molar-refractivity contribution in [2.24, 2.45) is 0 Å². The molecule has 0 atom stereocenters. The minimum absolute atomic E-state index is 0.142. The number of ether oxygens (including phenoxy) is 1. The fourth-order valence-electron chi connectivity index (χ4n) is 2.58. The summed E-state index contributed by atoms with van der Waals surface area (Å²) in [5, 5.41) is 12.3. The molecule has 1 aromatic carbocycles. The van der Waals surface area contributed by atoms with Gasteiger partial charge in [-0.15, -0.1) is 10.2 Å². The van der Waals surface area contributed by atoms with Crippen molar-refractivity contribution < 1.29 is 4.74 Å². The SMILES string of the molecule is Cc1ccc(Nc2nc(N3CCOCC3)nnc2C(C)(C)C)cc1. The van der Waals surface area contributed by atoms with E-state index in [0.717, 1.165) is 30.3 Å². The summed E-state index contributed by atoms with van der Waals surface area (Å²) in [6.07, 6.45) is 0. The first-order chi connectivity index (χ1) is 11.4. The molecule has 0 aliphatic carbocycles. The molecule has 1 fully saturated rings. The average Bonchev–Trinajstić information content (AvgIpc) is 2.57. The maximum Gasteiger partial charge on any atom is 0.247 e. The zero-order valence-corrected chi connectivity index (χ0v) is 14.8. The molecule has 0 radical (unpaired) electrons. The van der Waals surface area contributed by atoms with Crippen LogP contribution in [0.5, 0.6) is 0 Å². The third kappa shape index (κ3) is 3.82. The molecular weight excluding hydrogens is 302 g/mol. The van der Waals surface area contributed by atoms with E-state index in [1.54, 1.807) is 0 Å². The van der Waals surface area contributed by atoms with Gasteiger partial charge in [0.05, 0.1) is 13.2 Å². The zero-order valence-electron chi connectivity index (χ0n) is 14.8. The molecule has 0 amide bonds. The van der Waals surface area contributed by atoms with Gasteiger partial charge in [0, 0.05) is 24.2 Å². The second-order valence-electron chi connectivity index (χ2n) is 7.15. The molecule has 1 N–H and O–H groups in total. The average molecular weight is 327 g/mol. The maximum absolute atomic E-state index is 5.40. The molecule has 24 heavy (non-hydrogen) atoms. The number of hydrogen-bond donors (Lipinski definition) is 1. The molecule has 0 bridgehead atoms. The molecule has 0 unspecified atom stereocenters. The smallest absolute Gasteiger partial charge is 0.247 e. The zero-order chi connectivity index (χ0) is 17.2. The number of morpholine rings is 1. The molecule has 6 heteroatoms. The molecule has 3 rings (SSSR count). The van der Waals surface area contributed by atoms with Crippen LogP contribution in [0.1, 0.15) is 32.0 Å². The van der Waals surface area contributed by atoms with Crippen LogP contribution >= 0.6 is 0 Å². The molecule has 1 saturated heterocycles. The van der Waals surface area contributed by atoms with Crippen LogP contribution in [0.25, 0.3) is 0 Å². The summed E-state index contributed by atoms with van der Waals surface area (Å²) in [7, 11) is 0. The summed E-state index contributed by atoms with van der Waals surface area (Å²) in [6, 6.07) is 8.27. The van der Waals surface area contributed by atoms with E-state index in [4.69, 9.17) is 9.72 Å². The van der Waals surface area contributed by atoms with Crippen LogP contribution in [0.3, 0.4) is 0 Å². The lowest BCUT2D eigenvalue weighted by atomic mass is 9.92. The van der Waals surface area contributed by atoms with E-state index < -0.39 is 0 Å². The van der Waals surface area contributed by atoms with Crippen LogP contribution in [-0.2, 0) is 10.2 Å². The fourth-order valence-corrected chi connectivity index (χ4v) is 2.58. The third-order valence-electron chi connectivity index (χ3n) is 3.99. The first kappa shape index (κ1) is 16.6. The summed E-state index contributed by atoms with van der Waals surface area (Å²) in [4.78, 5) is 6.88. The van der Waals surface area contributed by atoms with E-state index in [0.29, 0.717) is 19.2 Å². The van der Waals surface area contributed by atoms with Crippen molar-refractivity contribution in [2.75, 3.05) is 36.5 Å². The maximum atomic E-state index is 5.40. The standard InChI is InChI=1S/C18H25N5O/c1-13-5-7-14(8-6-13)19-16-15(18(2,3)4)21-22-17(20-16)23-9-11-24-12-10-23/h5-8H,9-12H2,1-4H3,(H,19,20,22). The Kier molecular flexibility index (Phi) is 4.66. The Bertz CT molecular complexity index is 688. The van der Waals surface area contributed by atoms with E-state index in [1.165, 1.54) is 5.56 Å². The van der Waals surface area contributed by atoms with Crippen LogP contribution < -0.4 is 10.2 Å². The van der Waals surface area contributed by atoms with Gasteiger partial charge in [0.1, 0.15) is 5.69 Å². The molecule has 0 spiro atoms. The lowest BCUT2D eigenvalue weighted by Crippen LogP contribution is -2.38. The van der Waals surface area contributed by atoms with E-state index in [-0.39, 0.29) is 5.41 Å². The van der Waals surface area contributed by atoms with Crippen molar-refractivity contribution in [1.29, 1.82) is 0 Å². The quantitative estimate of drug-likeness (QED) is 0.935. The Labute approximate surface area is 143 Å². The Morgan fingerprint density at radius 1 is 1.04 bits per heavy atom. The molecule has 6 nitrogen and oxygen atoms in total.